The average molecular weight is 199 g/mol. The summed E-state index contributed by atoms with van der Waals surface area (Å²) in [6.45, 7) is 0.966. The second kappa shape index (κ2) is 4.45. The van der Waals surface area contributed by atoms with Crippen LogP contribution in [-0.2, 0) is 4.79 Å². The Balaban J connectivity index is 4.17. The number of rotatable bonds is 4. The molecule has 0 aliphatic heterocycles. The summed E-state index contributed by atoms with van der Waals surface area (Å²) in [6, 6.07) is -1.14. The summed E-state index contributed by atoms with van der Waals surface area (Å²) in [5.74, 6) is -2.88. The van der Waals surface area contributed by atoms with E-state index in [0.717, 1.165) is 6.92 Å². The van der Waals surface area contributed by atoms with Gasteiger partial charge in [0.05, 0.1) is 5.92 Å². The monoisotopic (exact) mass is 199 g/mol. The SMILES string of the molecule is CN[C@@H](C[C@@H](C)C(F)(F)F)C(=O)O. The van der Waals surface area contributed by atoms with Crippen LogP contribution in [0.4, 0.5) is 13.2 Å². The number of halogens is 3. The maximum atomic E-state index is 12.0. The molecule has 78 valence electrons. The van der Waals surface area contributed by atoms with E-state index >= 15 is 0 Å². The highest BCUT2D eigenvalue weighted by Gasteiger charge is 2.38. The Labute approximate surface area is 73.9 Å². The third kappa shape index (κ3) is 4.12. The highest BCUT2D eigenvalue weighted by molar-refractivity contribution is 5.73. The standard InChI is InChI=1S/C7H12F3NO2/c1-4(7(8,9)10)3-5(11-2)6(12)13/h4-5,11H,3H2,1-2H3,(H,12,13)/t4-,5+/m1/s1. The highest BCUT2D eigenvalue weighted by Crippen LogP contribution is 2.29. The minimum absolute atomic E-state index is 0.449. The molecule has 0 aromatic rings. The van der Waals surface area contributed by atoms with Crippen LogP contribution in [0.2, 0.25) is 0 Å². The van der Waals surface area contributed by atoms with Gasteiger partial charge >= 0.3 is 12.1 Å². The molecular weight excluding hydrogens is 187 g/mol. The van der Waals surface area contributed by atoms with Crippen LogP contribution < -0.4 is 5.32 Å². The van der Waals surface area contributed by atoms with E-state index < -0.39 is 30.5 Å². The van der Waals surface area contributed by atoms with Crippen molar-refractivity contribution in [1.29, 1.82) is 0 Å². The molecule has 3 nitrogen and oxygen atoms in total. The predicted octanol–water partition coefficient (Wildman–Crippen LogP) is 1.25. The molecule has 0 radical (unpaired) electrons. The van der Waals surface area contributed by atoms with E-state index in [1.807, 2.05) is 0 Å². The fourth-order valence-corrected chi connectivity index (χ4v) is 0.829. The van der Waals surface area contributed by atoms with E-state index in [4.69, 9.17) is 5.11 Å². The summed E-state index contributed by atoms with van der Waals surface area (Å²) in [4.78, 5) is 10.4. The molecule has 0 spiro atoms. The van der Waals surface area contributed by atoms with E-state index in [-0.39, 0.29) is 0 Å². The van der Waals surface area contributed by atoms with E-state index in [2.05, 4.69) is 5.32 Å². The van der Waals surface area contributed by atoms with Crippen molar-refractivity contribution in [1.82, 2.24) is 5.32 Å². The molecule has 0 amide bonds. The Hall–Kier alpha value is -0.780. The number of nitrogens with one attached hydrogen (secondary N) is 1. The second-order valence-corrected chi connectivity index (χ2v) is 2.86. The van der Waals surface area contributed by atoms with Gasteiger partial charge in [-0.2, -0.15) is 13.2 Å². The number of carboxylic acids is 1. The average Bonchev–Trinajstić information content (AvgIpc) is 1.96. The minimum atomic E-state index is -4.33. The van der Waals surface area contributed by atoms with Crippen LogP contribution in [0, 0.1) is 5.92 Å². The first-order valence-electron chi connectivity index (χ1n) is 3.75. The van der Waals surface area contributed by atoms with Crippen LogP contribution in [0.15, 0.2) is 0 Å². The summed E-state index contributed by atoms with van der Waals surface area (Å²) in [5.41, 5.74) is 0. The van der Waals surface area contributed by atoms with Gasteiger partial charge in [0.2, 0.25) is 0 Å². The predicted molar refractivity (Wildman–Crippen MR) is 40.3 cm³/mol. The second-order valence-electron chi connectivity index (χ2n) is 2.86. The number of hydrogen-bond acceptors (Lipinski definition) is 2. The zero-order chi connectivity index (χ0) is 10.6. The Morgan fingerprint density at radius 3 is 2.23 bits per heavy atom. The lowest BCUT2D eigenvalue weighted by atomic mass is 10.0. The summed E-state index contributed by atoms with van der Waals surface area (Å²) in [5, 5.41) is 10.8. The molecule has 13 heavy (non-hydrogen) atoms. The van der Waals surface area contributed by atoms with Gasteiger partial charge in [-0.3, -0.25) is 4.79 Å². The van der Waals surface area contributed by atoms with Gasteiger partial charge in [0, 0.05) is 0 Å². The Bertz CT molecular complexity index is 181. The molecule has 0 saturated heterocycles. The van der Waals surface area contributed by atoms with Gasteiger partial charge < -0.3 is 10.4 Å². The zero-order valence-electron chi connectivity index (χ0n) is 7.35. The first-order valence-corrected chi connectivity index (χ1v) is 3.75. The fourth-order valence-electron chi connectivity index (χ4n) is 0.829. The lowest BCUT2D eigenvalue weighted by molar-refractivity contribution is -0.174. The molecule has 0 saturated carbocycles. The summed E-state index contributed by atoms with van der Waals surface area (Å²) in [6.07, 6.45) is -4.78. The zero-order valence-corrected chi connectivity index (χ0v) is 7.35. The van der Waals surface area contributed by atoms with Crippen LogP contribution in [0.3, 0.4) is 0 Å². The first-order chi connectivity index (χ1) is 5.79. The number of likely N-dealkylation sites (N-methyl/N-ethyl adjacent to an activating group) is 1. The molecule has 0 fully saturated rings. The Morgan fingerprint density at radius 1 is 1.54 bits per heavy atom. The first kappa shape index (κ1) is 12.2. The van der Waals surface area contributed by atoms with Crippen LogP contribution in [0.25, 0.3) is 0 Å². The third-order valence-corrected chi connectivity index (χ3v) is 1.79. The number of alkyl halides is 3. The maximum absolute atomic E-state index is 12.0. The van der Waals surface area contributed by atoms with E-state index in [1.54, 1.807) is 0 Å². The van der Waals surface area contributed by atoms with Crippen LogP contribution in [-0.4, -0.2) is 30.3 Å². The molecular formula is C7H12F3NO2. The van der Waals surface area contributed by atoms with Gasteiger partial charge in [-0.25, -0.2) is 0 Å². The summed E-state index contributed by atoms with van der Waals surface area (Å²) < 4.78 is 36.0. The lowest BCUT2D eigenvalue weighted by Gasteiger charge is -2.19. The number of carboxylic acid groups (broad SMARTS) is 1. The van der Waals surface area contributed by atoms with Crippen LogP contribution in [0.5, 0.6) is 0 Å². The van der Waals surface area contributed by atoms with Crippen molar-refractivity contribution in [2.45, 2.75) is 25.6 Å². The maximum Gasteiger partial charge on any atom is 0.391 e. The van der Waals surface area contributed by atoms with Gasteiger partial charge in [0.1, 0.15) is 6.04 Å². The topological polar surface area (TPSA) is 49.3 Å². The molecule has 6 heteroatoms. The molecule has 0 unspecified atom stereocenters. The highest BCUT2D eigenvalue weighted by atomic mass is 19.4. The normalized spacial score (nSPS) is 16.7. The van der Waals surface area contributed by atoms with Crippen molar-refractivity contribution in [2.24, 2.45) is 5.92 Å². The summed E-state index contributed by atoms with van der Waals surface area (Å²) >= 11 is 0. The molecule has 0 heterocycles. The van der Waals surface area contributed by atoms with Crippen molar-refractivity contribution >= 4 is 5.97 Å². The molecule has 0 bridgehead atoms. The van der Waals surface area contributed by atoms with Crippen molar-refractivity contribution < 1.29 is 23.1 Å². The molecule has 0 aliphatic carbocycles. The van der Waals surface area contributed by atoms with Crippen LogP contribution in [0.1, 0.15) is 13.3 Å². The van der Waals surface area contributed by atoms with Crippen molar-refractivity contribution in [3.05, 3.63) is 0 Å². The van der Waals surface area contributed by atoms with Gasteiger partial charge in [0.15, 0.2) is 0 Å². The van der Waals surface area contributed by atoms with Gasteiger partial charge in [-0.05, 0) is 13.5 Å². The molecule has 0 aliphatic rings. The number of aliphatic carboxylic acids is 1. The smallest absolute Gasteiger partial charge is 0.391 e. The van der Waals surface area contributed by atoms with Crippen molar-refractivity contribution in [3.63, 3.8) is 0 Å². The van der Waals surface area contributed by atoms with E-state index in [9.17, 15) is 18.0 Å². The van der Waals surface area contributed by atoms with Crippen molar-refractivity contribution in [3.8, 4) is 0 Å². The van der Waals surface area contributed by atoms with Gasteiger partial charge in [0.25, 0.3) is 0 Å². The number of hydrogen-bond donors (Lipinski definition) is 2. The quantitative estimate of drug-likeness (QED) is 0.716. The molecule has 0 aromatic heterocycles. The lowest BCUT2D eigenvalue weighted by Crippen LogP contribution is -2.38. The number of carbonyl (C=O) groups is 1. The molecule has 0 aromatic carbocycles. The van der Waals surface area contributed by atoms with Gasteiger partial charge in [-0.1, -0.05) is 6.92 Å². The van der Waals surface area contributed by atoms with E-state index in [0.29, 0.717) is 0 Å². The minimum Gasteiger partial charge on any atom is -0.480 e. The Kier molecular flexibility index (Phi) is 4.19. The molecule has 0 rings (SSSR count). The largest absolute Gasteiger partial charge is 0.480 e. The summed E-state index contributed by atoms with van der Waals surface area (Å²) in [7, 11) is 1.32. The van der Waals surface area contributed by atoms with Crippen LogP contribution >= 0.6 is 0 Å². The third-order valence-electron chi connectivity index (χ3n) is 1.79. The fraction of sp³-hybridized carbons (Fsp3) is 0.857. The molecule has 2 atom stereocenters. The van der Waals surface area contributed by atoms with Gasteiger partial charge in [-0.15, -0.1) is 0 Å². The Morgan fingerprint density at radius 2 is 2.00 bits per heavy atom. The van der Waals surface area contributed by atoms with E-state index in [1.165, 1.54) is 7.05 Å². The van der Waals surface area contributed by atoms with Crippen molar-refractivity contribution in [2.75, 3.05) is 7.05 Å². The molecule has 2 N–H and O–H groups in total.